The van der Waals surface area contributed by atoms with E-state index in [4.69, 9.17) is 5.73 Å². The number of hydrogen-bond acceptors (Lipinski definition) is 6. The Hall–Kier alpha value is -1.63. The summed E-state index contributed by atoms with van der Waals surface area (Å²) in [4.78, 5) is 13.6. The lowest BCUT2D eigenvalue weighted by atomic mass is 10.0. The Labute approximate surface area is 92.2 Å². The number of aliphatic hydroxyl groups is 1. The third kappa shape index (κ3) is 1.85. The number of amides is 1. The molecular formula is C9H14N4O3. The molecule has 0 saturated carbocycles. The first-order chi connectivity index (χ1) is 7.74. The van der Waals surface area contributed by atoms with E-state index in [1.54, 1.807) is 4.90 Å². The van der Waals surface area contributed by atoms with Crippen molar-refractivity contribution in [2.45, 2.75) is 25.3 Å². The second kappa shape index (κ2) is 4.48. The van der Waals surface area contributed by atoms with Crippen LogP contribution < -0.4 is 5.73 Å². The zero-order valence-corrected chi connectivity index (χ0v) is 8.80. The summed E-state index contributed by atoms with van der Waals surface area (Å²) in [6.45, 7) is 0.563. The summed E-state index contributed by atoms with van der Waals surface area (Å²) in [6.07, 6.45) is 2.74. The van der Waals surface area contributed by atoms with E-state index in [2.05, 4.69) is 14.9 Å². The van der Waals surface area contributed by atoms with Crippen LogP contribution in [0.5, 0.6) is 0 Å². The molecule has 1 aromatic rings. The average molecular weight is 226 g/mol. The van der Waals surface area contributed by atoms with Gasteiger partial charge in [-0.2, -0.15) is 0 Å². The Bertz CT molecular complexity index is 379. The molecule has 1 saturated heterocycles. The number of aromatic nitrogens is 2. The van der Waals surface area contributed by atoms with Crippen LogP contribution in [0, 0.1) is 0 Å². The quantitative estimate of drug-likeness (QED) is 0.713. The third-order valence-electron chi connectivity index (χ3n) is 2.82. The monoisotopic (exact) mass is 226 g/mol. The first-order valence-electron chi connectivity index (χ1n) is 5.24. The van der Waals surface area contributed by atoms with Crippen molar-refractivity contribution in [2.24, 2.45) is 0 Å². The van der Waals surface area contributed by atoms with Gasteiger partial charge in [0.05, 0.1) is 12.6 Å². The minimum atomic E-state index is -0.322. The highest BCUT2D eigenvalue weighted by atomic mass is 16.6. The fourth-order valence-electron chi connectivity index (χ4n) is 1.94. The van der Waals surface area contributed by atoms with Crippen molar-refractivity contribution in [3.63, 3.8) is 0 Å². The molecule has 1 atom stereocenters. The van der Waals surface area contributed by atoms with Gasteiger partial charge < -0.3 is 15.7 Å². The molecule has 1 aromatic heterocycles. The molecule has 88 valence electrons. The van der Waals surface area contributed by atoms with E-state index in [0.717, 1.165) is 19.3 Å². The molecule has 0 bridgehead atoms. The minimum Gasteiger partial charge on any atom is -0.394 e. The molecule has 2 rings (SSSR count). The van der Waals surface area contributed by atoms with Crippen molar-refractivity contribution < 1.29 is 14.5 Å². The number of rotatable bonds is 2. The summed E-state index contributed by atoms with van der Waals surface area (Å²) < 4.78 is 4.39. The Morgan fingerprint density at radius 1 is 1.56 bits per heavy atom. The van der Waals surface area contributed by atoms with Gasteiger partial charge in [0.1, 0.15) is 0 Å². The molecule has 1 aliphatic rings. The highest BCUT2D eigenvalue weighted by Crippen LogP contribution is 2.20. The molecule has 1 aliphatic heterocycles. The Morgan fingerprint density at radius 2 is 2.38 bits per heavy atom. The van der Waals surface area contributed by atoms with E-state index in [-0.39, 0.29) is 30.1 Å². The number of likely N-dealkylation sites (tertiary alicyclic amines) is 1. The van der Waals surface area contributed by atoms with Crippen molar-refractivity contribution in [2.75, 3.05) is 18.9 Å². The molecule has 0 aliphatic carbocycles. The topological polar surface area (TPSA) is 105 Å². The van der Waals surface area contributed by atoms with Gasteiger partial charge >= 0.3 is 0 Å². The minimum absolute atomic E-state index is 0.00716. The van der Waals surface area contributed by atoms with Crippen molar-refractivity contribution in [3.8, 4) is 0 Å². The zero-order valence-electron chi connectivity index (χ0n) is 8.80. The number of anilines is 1. The van der Waals surface area contributed by atoms with Crippen LogP contribution in [0.15, 0.2) is 4.63 Å². The van der Waals surface area contributed by atoms with E-state index < -0.39 is 0 Å². The third-order valence-corrected chi connectivity index (χ3v) is 2.82. The Morgan fingerprint density at radius 3 is 3.00 bits per heavy atom. The predicted octanol–water partition coefficient (Wildman–Crippen LogP) is -0.361. The van der Waals surface area contributed by atoms with Gasteiger partial charge in [-0.3, -0.25) is 4.79 Å². The molecule has 7 nitrogen and oxygen atoms in total. The maximum atomic E-state index is 12.0. The lowest BCUT2D eigenvalue weighted by Gasteiger charge is -2.33. The van der Waals surface area contributed by atoms with Gasteiger partial charge in [-0.25, -0.2) is 4.63 Å². The number of nitrogen functional groups attached to an aromatic ring is 1. The average Bonchev–Trinajstić information content (AvgIpc) is 2.74. The van der Waals surface area contributed by atoms with E-state index in [1.165, 1.54) is 0 Å². The fraction of sp³-hybridized carbons (Fsp3) is 0.667. The van der Waals surface area contributed by atoms with Gasteiger partial charge in [0, 0.05) is 6.54 Å². The van der Waals surface area contributed by atoms with Crippen LogP contribution in [-0.2, 0) is 0 Å². The molecule has 1 fully saturated rings. The van der Waals surface area contributed by atoms with E-state index in [0.29, 0.717) is 6.54 Å². The van der Waals surface area contributed by atoms with Crippen LogP contribution in [0.2, 0.25) is 0 Å². The van der Waals surface area contributed by atoms with Gasteiger partial charge in [-0.15, -0.1) is 0 Å². The molecule has 16 heavy (non-hydrogen) atoms. The molecule has 3 N–H and O–H groups in total. The molecule has 2 heterocycles. The van der Waals surface area contributed by atoms with Gasteiger partial charge in [-0.05, 0) is 29.6 Å². The van der Waals surface area contributed by atoms with E-state index in [9.17, 15) is 9.90 Å². The van der Waals surface area contributed by atoms with Gasteiger partial charge in [0.15, 0.2) is 0 Å². The van der Waals surface area contributed by atoms with Gasteiger partial charge in [0.25, 0.3) is 5.91 Å². The first-order valence-corrected chi connectivity index (χ1v) is 5.24. The largest absolute Gasteiger partial charge is 0.394 e. The van der Waals surface area contributed by atoms with Crippen molar-refractivity contribution in [3.05, 3.63) is 5.69 Å². The zero-order chi connectivity index (χ0) is 11.5. The van der Waals surface area contributed by atoms with Crippen LogP contribution in [-0.4, -0.2) is 45.4 Å². The summed E-state index contributed by atoms with van der Waals surface area (Å²) in [6, 6.07) is -0.155. The van der Waals surface area contributed by atoms with Gasteiger partial charge in [-0.1, -0.05) is 0 Å². The summed E-state index contributed by atoms with van der Waals surface area (Å²) in [5, 5.41) is 16.0. The number of nitrogens with two attached hydrogens (primary N) is 1. The maximum Gasteiger partial charge on any atom is 0.280 e. The lowest BCUT2D eigenvalue weighted by molar-refractivity contribution is 0.0493. The number of nitrogens with zero attached hydrogens (tertiary/aromatic N) is 3. The van der Waals surface area contributed by atoms with Crippen molar-refractivity contribution >= 4 is 11.7 Å². The number of carbonyl (C=O) groups excluding carboxylic acids is 1. The maximum absolute atomic E-state index is 12.0. The van der Waals surface area contributed by atoms with E-state index in [1.807, 2.05) is 0 Å². The standard InChI is InChI=1S/C9H14N4O3/c10-8-7(11-16-12-8)9(15)13-4-2-1-3-6(13)5-14/h6,14H,1-5H2,(H2,10,12). The Balaban J connectivity index is 2.17. The summed E-state index contributed by atoms with van der Waals surface area (Å²) >= 11 is 0. The van der Waals surface area contributed by atoms with Crippen LogP contribution >= 0.6 is 0 Å². The predicted molar refractivity (Wildman–Crippen MR) is 54.5 cm³/mol. The molecule has 7 heteroatoms. The summed E-state index contributed by atoms with van der Waals surface area (Å²) in [5.74, 6) is -0.329. The second-order valence-corrected chi connectivity index (χ2v) is 3.83. The van der Waals surface area contributed by atoms with E-state index >= 15 is 0 Å². The summed E-state index contributed by atoms with van der Waals surface area (Å²) in [5.41, 5.74) is 5.49. The number of piperidine rings is 1. The smallest absolute Gasteiger partial charge is 0.280 e. The molecule has 1 amide bonds. The normalized spacial score (nSPS) is 21.1. The second-order valence-electron chi connectivity index (χ2n) is 3.83. The van der Waals surface area contributed by atoms with Crippen molar-refractivity contribution in [1.29, 1.82) is 0 Å². The van der Waals surface area contributed by atoms with Crippen LogP contribution in [0.1, 0.15) is 29.8 Å². The van der Waals surface area contributed by atoms with Crippen molar-refractivity contribution in [1.82, 2.24) is 15.2 Å². The summed E-state index contributed by atoms with van der Waals surface area (Å²) in [7, 11) is 0. The molecular weight excluding hydrogens is 212 g/mol. The highest BCUT2D eigenvalue weighted by molar-refractivity contribution is 5.96. The molecule has 0 spiro atoms. The molecule has 0 radical (unpaired) electrons. The van der Waals surface area contributed by atoms with Crippen LogP contribution in [0.25, 0.3) is 0 Å². The number of carbonyl (C=O) groups is 1. The molecule has 0 aromatic carbocycles. The van der Waals surface area contributed by atoms with Crippen LogP contribution in [0.4, 0.5) is 5.82 Å². The fourth-order valence-corrected chi connectivity index (χ4v) is 1.94. The first kappa shape index (κ1) is 10.9. The van der Waals surface area contributed by atoms with Gasteiger partial charge in [0.2, 0.25) is 11.5 Å². The SMILES string of the molecule is Nc1nonc1C(=O)N1CCCCC1CO. The highest BCUT2D eigenvalue weighted by Gasteiger charge is 2.30. The number of hydrogen-bond donors (Lipinski definition) is 2. The van der Waals surface area contributed by atoms with Crippen LogP contribution in [0.3, 0.4) is 0 Å². The lowest BCUT2D eigenvalue weighted by Crippen LogP contribution is -2.45. The Kier molecular flexibility index (Phi) is 3.04. The number of aliphatic hydroxyl groups excluding tert-OH is 1. The molecule has 1 unspecified atom stereocenters.